The highest BCUT2D eigenvalue weighted by molar-refractivity contribution is 5.24. The third-order valence-corrected chi connectivity index (χ3v) is 5.05. The standard InChI is InChI=1S/C20H30N4/c1-15(2)20-9-7-18(8-10-20)12-23-11-5-6-19(13-23)14-24-17(4)21-16(3)22-24/h7-10,15,19H,5-6,11-14H2,1-4H3. The largest absolute Gasteiger partial charge is 0.299 e. The SMILES string of the molecule is Cc1nc(C)n(CC2CCCN(Cc3ccc(C(C)C)cc3)C2)n1. The minimum atomic E-state index is 0.604. The molecule has 0 saturated carbocycles. The maximum Gasteiger partial charge on any atom is 0.147 e. The highest BCUT2D eigenvalue weighted by Crippen LogP contribution is 2.21. The van der Waals surface area contributed by atoms with Crippen molar-refractivity contribution in [3.8, 4) is 0 Å². The fourth-order valence-corrected chi connectivity index (χ4v) is 3.69. The van der Waals surface area contributed by atoms with Crippen molar-refractivity contribution >= 4 is 0 Å². The van der Waals surface area contributed by atoms with Crippen LogP contribution < -0.4 is 0 Å². The van der Waals surface area contributed by atoms with Gasteiger partial charge in [-0.3, -0.25) is 4.90 Å². The molecule has 24 heavy (non-hydrogen) atoms. The molecule has 2 aromatic rings. The van der Waals surface area contributed by atoms with Crippen molar-refractivity contribution in [2.75, 3.05) is 13.1 Å². The second kappa shape index (κ2) is 7.47. The lowest BCUT2D eigenvalue weighted by atomic mass is 9.97. The number of hydrogen-bond donors (Lipinski definition) is 0. The maximum atomic E-state index is 4.53. The molecule has 4 heteroatoms. The first kappa shape index (κ1) is 17.2. The lowest BCUT2D eigenvalue weighted by molar-refractivity contribution is 0.152. The minimum absolute atomic E-state index is 0.604. The van der Waals surface area contributed by atoms with Crippen molar-refractivity contribution in [3.05, 3.63) is 47.0 Å². The van der Waals surface area contributed by atoms with Gasteiger partial charge < -0.3 is 0 Å². The molecule has 1 aromatic carbocycles. The Morgan fingerprint density at radius 3 is 2.54 bits per heavy atom. The molecule has 3 rings (SSSR count). The Morgan fingerprint density at radius 1 is 1.17 bits per heavy atom. The van der Waals surface area contributed by atoms with Crippen molar-refractivity contribution in [2.45, 2.75) is 59.5 Å². The molecule has 2 heterocycles. The van der Waals surface area contributed by atoms with Crippen LogP contribution in [0.1, 0.15) is 55.4 Å². The summed E-state index contributed by atoms with van der Waals surface area (Å²) in [7, 11) is 0. The third-order valence-electron chi connectivity index (χ3n) is 5.05. The number of hydrogen-bond acceptors (Lipinski definition) is 3. The summed E-state index contributed by atoms with van der Waals surface area (Å²) in [5.41, 5.74) is 2.85. The Bertz CT molecular complexity index is 657. The molecule has 0 radical (unpaired) electrons. The van der Waals surface area contributed by atoms with Crippen LogP contribution >= 0.6 is 0 Å². The van der Waals surface area contributed by atoms with E-state index >= 15 is 0 Å². The van der Waals surface area contributed by atoms with Gasteiger partial charge >= 0.3 is 0 Å². The van der Waals surface area contributed by atoms with E-state index in [9.17, 15) is 0 Å². The van der Waals surface area contributed by atoms with E-state index in [0.29, 0.717) is 11.8 Å². The van der Waals surface area contributed by atoms with Crippen LogP contribution in [0.4, 0.5) is 0 Å². The van der Waals surface area contributed by atoms with Gasteiger partial charge in [-0.2, -0.15) is 5.10 Å². The normalized spacial score (nSPS) is 19.1. The van der Waals surface area contributed by atoms with Gasteiger partial charge in [0.25, 0.3) is 0 Å². The van der Waals surface area contributed by atoms with Gasteiger partial charge in [-0.1, -0.05) is 38.1 Å². The average molecular weight is 326 g/mol. The number of aromatic nitrogens is 3. The van der Waals surface area contributed by atoms with Crippen LogP contribution in [0.2, 0.25) is 0 Å². The summed E-state index contributed by atoms with van der Waals surface area (Å²) in [4.78, 5) is 7.02. The zero-order valence-electron chi connectivity index (χ0n) is 15.5. The predicted octanol–water partition coefficient (Wildman–Crippen LogP) is 3.93. The first-order chi connectivity index (χ1) is 11.5. The van der Waals surface area contributed by atoms with Crippen molar-refractivity contribution in [2.24, 2.45) is 5.92 Å². The van der Waals surface area contributed by atoms with Crippen LogP contribution in [-0.2, 0) is 13.1 Å². The quantitative estimate of drug-likeness (QED) is 0.835. The molecule has 1 aromatic heterocycles. The molecule has 0 N–H and O–H groups in total. The van der Waals surface area contributed by atoms with Crippen molar-refractivity contribution in [1.29, 1.82) is 0 Å². The number of nitrogens with zero attached hydrogens (tertiary/aromatic N) is 4. The van der Waals surface area contributed by atoms with E-state index in [1.165, 1.54) is 30.5 Å². The lowest BCUT2D eigenvalue weighted by Crippen LogP contribution is -2.36. The molecule has 0 spiro atoms. The molecule has 1 saturated heterocycles. The first-order valence-corrected chi connectivity index (χ1v) is 9.20. The molecule has 1 atom stereocenters. The molecule has 4 nitrogen and oxygen atoms in total. The first-order valence-electron chi connectivity index (χ1n) is 9.20. The van der Waals surface area contributed by atoms with Crippen LogP contribution in [-0.4, -0.2) is 32.8 Å². The van der Waals surface area contributed by atoms with E-state index in [1.807, 2.05) is 6.92 Å². The summed E-state index contributed by atoms with van der Waals surface area (Å²) in [6.45, 7) is 12.9. The van der Waals surface area contributed by atoms with Crippen LogP contribution in [0.5, 0.6) is 0 Å². The molecule has 0 bridgehead atoms. The Labute approximate surface area is 145 Å². The smallest absolute Gasteiger partial charge is 0.147 e. The molecule has 1 aliphatic rings. The predicted molar refractivity (Wildman–Crippen MR) is 98.0 cm³/mol. The molecule has 1 fully saturated rings. The van der Waals surface area contributed by atoms with E-state index in [0.717, 1.165) is 31.3 Å². The van der Waals surface area contributed by atoms with Gasteiger partial charge in [0.05, 0.1) is 0 Å². The Balaban J connectivity index is 1.58. The Hall–Kier alpha value is -1.68. The van der Waals surface area contributed by atoms with Crippen LogP contribution in [0.15, 0.2) is 24.3 Å². The van der Waals surface area contributed by atoms with Crippen LogP contribution in [0.25, 0.3) is 0 Å². The number of likely N-dealkylation sites (tertiary alicyclic amines) is 1. The number of aryl methyl sites for hydroxylation is 2. The van der Waals surface area contributed by atoms with Gasteiger partial charge in [-0.15, -0.1) is 0 Å². The zero-order valence-corrected chi connectivity index (χ0v) is 15.5. The summed E-state index contributed by atoms with van der Waals surface area (Å²) in [6.07, 6.45) is 2.57. The van der Waals surface area contributed by atoms with Crippen molar-refractivity contribution in [1.82, 2.24) is 19.7 Å². The highest BCUT2D eigenvalue weighted by atomic mass is 15.3. The van der Waals surface area contributed by atoms with E-state index < -0.39 is 0 Å². The Kier molecular flexibility index (Phi) is 5.34. The van der Waals surface area contributed by atoms with Crippen molar-refractivity contribution < 1.29 is 0 Å². The van der Waals surface area contributed by atoms with E-state index in [4.69, 9.17) is 0 Å². The zero-order chi connectivity index (χ0) is 17.1. The summed E-state index contributed by atoms with van der Waals surface area (Å²) in [5.74, 6) is 3.19. The maximum absolute atomic E-state index is 4.53. The second-order valence-corrected chi connectivity index (χ2v) is 7.53. The fourth-order valence-electron chi connectivity index (χ4n) is 3.69. The summed E-state index contributed by atoms with van der Waals surface area (Å²) in [5, 5.41) is 4.53. The molecular formula is C20H30N4. The summed E-state index contributed by atoms with van der Waals surface area (Å²) in [6, 6.07) is 9.15. The molecule has 1 aliphatic heterocycles. The summed E-state index contributed by atoms with van der Waals surface area (Å²) >= 11 is 0. The fraction of sp³-hybridized carbons (Fsp3) is 0.600. The summed E-state index contributed by atoms with van der Waals surface area (Å²) < 4.78 is 2.08. The van der Waals surface area contributed by atoms with Crippen LogP contribution in [0.3, 0.4) is 0 Å². The molecule has 1 unspecified atom stereocenters. The van der Waals surface area contributed by atoms with Gasteiger partial charge in [-0.25, -0.2) is 9.67 Å². The highest BCUT2D eigenvalue weighted by Gasteiger charge is 2.21. The van der Waals surface area contributed by atoms with E-state index in [2.05, 4.69) is 64.7 Å². The van der Waals surface area contributed by atoms with Crippen molar-refractivity contribution in [3.63, 3.8) is 0 Å². The average Bonchev–Trinajstić information content (AvgIpc) is 2.86. The van der Waals surface area contributed by atoms with Gasteiger partial charge in [-0.05, 0) is 56.2 Å². The number of benzene rings is 1. The van der Waals surface area contributed by atoms with Gasteiger partial charge in [0.15, 0.2) is 0 Å². The topological polar surface area (TPSA) is 34.0 Å². The lowest BCUT2D eigenvalue weighted by Gasteiger charge is -2.32. The van der Waals surface area contributed by atoms with Crippen LogP contribution in [0, 0.1) is 19.8 Å². The monoisotopic (exact) mass is 326 g/mol. The van der Waals surface area contributed by atoms with Gasteiger partial charge in [0.2, 0.25) is 0 Å². The molecule has 0 amide bonds. The minimum Gasteiger partial charge on any atom is -0.299 e. The Morgan fingerprint density at radius 2 is 1.92 bits per heavy atom. The number of rotatable bonds is 5. The number of piperidine rings is 1. The molecular weight excluding hydrogens is 296 g/mol. The van der Waals surface area contributed by atoms with E-state index in [-0.39, 0.29) is 0 Å². The molecule has 0 aliphatic carbocycles. The second-order valence-electron chi connectivity index (χ2n) is 7.53. The van der Waals surface area contributed by atoms with E-state index in [1.54, 1.807) is 0 Å². The van der Waals surface area contributed by atoms with Gasteiger partial charge in [0, 0.05) is 19.6 Å². The van der Waals surface area contributed by atoms with Gasteiger partial charge in [0.1, 0.15) is 11.6 Å². The molecule has 130 valence electrons. The third kappa shape index (κ3) is 4.23.